The van der Waals surface area contributed by atoms with Crippen LogP contribution in [0.2, 0.25) is 0 Å². The van der Waals surface area contributed by atoms with Gasteiger partial charge in [0.15, 0.2) is 5.96 Å². The van der Waals surface area contributed by atoms with Gasteiger partial charge in [0.1, 0.15) is 18.1 Å². The summed E-state index contributed by atoms with van der Waals surface area (Å²) in [6, 6.07) is 10.8. The average molecular weight is 388 g/mol. The number of carbonyl (C=O) groups excluding carboxylic acids is 1. The molecule has 3 N–H and O–H groups in total. The third kappa shape index (κ3) is 7.71. The highest BCUT2D eigenvalue weighted by Crippen LogP contribution is 2.12. The Morgan fingerprint density at radius 2 is 1.93 bits per heavy atom. The van der Waals surface area contributed by atoms with Crippen molar-refractivity contribution in [3.05, 3.63) is 54.0 Å². The molecule has 0 bridgehead atoms. The minimum absolute atomic E-state index is 0.141. The van der Waals surface area contributed by atoms with E-state index in [0.29, 0.717) is 43.6 Å². The highest BCUT2D eigenvalue weighted by atomic mass is 16.5. The molecule has 1 amide bonds. The molecule has 0 aliphatic heterocycles. The van der Waals surface area contributed by atoms with Gasteiger partial charge in [-0.25, -0.2) is 0 Å². The minimum Gasteiger partial charge on any atom is -0.497 e. The number of hydrogen-bond acceptors (Lipinski definition) is 5. The maximum Gasteiger partial charge on any atom is 0.251 e. The van der Waals surface area contributed by atoms with Gasteiger partial charge in [0.05, 0.1) is 13.4 Å². The number of nitrogens with zero attached hydrogens (tertiary/aromatic N) is 1. The molecule has 0 atom stereocenters. The summed E-state index contributed by atoms with van der Waals surface area (Å²) in [6.07, 6.45) is 2.48. The number of nitrogens with one attached hydrogen (secondary N) is 3. The van der Waals surface area contributed by atoms with Crippen LogP contribution in [0, 0.1) is 0 Å². The Balaban J connectivity index is 1.54. The van der Waals surface area contributed by atoms with Gasteiger partial charge in [-0.05, 0) is 36.8 Å². The number of hydrogen-bond donors (Lipinski definition) is 3. The van der Waals surface area contributed by atoms with Crippen molar-refractivity contribution >= 4 is 11.9 Å². The summed E-state index contributed by atoms with van der Waals surface area (Å²) in [7, 11) is 3.28. The molecule has 8 heteroatoms. The molecule has 1 aromatic heterocycles. The zero-order valence-electron chi connectivity index (χ0n) is 16.4. The van der Waals surface area contributed by atoms with E-state index in [1.807, 2.05) is 12.1 Å². The first-order valence-corrected chi connectivity index (χ1v) is 9.20. The molecule has 28 heavy (non-hydrogen) atoms. The lowest BCUT2D eigenvalue weighted by Gasteiger charge is -2.12. The van der Waals surface area contributed by atoms with Crippen molar-refractivity contribution in [3.63, 3.8) is 0 Å². The van der Waals surface area contributed by atoms with Crippen LogP contribution in [-0.4, -0.2) is 52.3 Å². The predicted molar refractivity (Wildman–Crippen MR) is 108 cm³/mol. The van der Waals surface area contributed by atoms with Gasteiger partial charge in [-0.2, -0.15) is 0 Å². The Hall–Kier alpha value is -3.00. The minimum atomic E-state index is -0.141. The van der Waals surface area contributed by atoms with Crippen molar-refractivity contribution in [2.45, 2.75) is 13.0 Å². The number of methoxy groups -OCH3 is 1. The van der Waals surface area contributed by atoms with E-state index in [0.717, 1.165) is 18.7 Å². The monoisotopic (exact) mass is 388 g/mol. The Labute approximate surface area is 165 Å². The Morgan fingerprint density at radius 3 is 2.68 bits per heavy atom. The lowest BCUT2D eigenvalue weighted by Crippen LogP contribution is -2.42. The van der Waals surface area contributed by atoms with E-state index in [1.165, 1.54) is 0 Å². The fourth-order valence-electron chi connectivity index (χ4n) is 2.39. The summed E-state index contributed by atoms with van der Waals surface area (Å²) in [5, 5.41) is 9.22. The number of rotatable bonds is 11. The molecule has 0 fully saturated rings. The molecule has 1 heterocycles. The van der Waals surface area contributed by atoms with Crippen molar-refractivity contribution in [1.29, 1.82) is 0 Å². The fourth-order valence-corrected chi connectivity index (χ4v) is 2.39. The van der Waals surface area contributed by atoms with Crippen LogP contribution in [0.4, 0.5) is 0 Å². The molecule has 0 radical (unpaired) electrons. The van der Waals surface area contributed by atoms with E-state index >= 15 is 0 Å². The van der Waals surface area contributed by atoms with Gasteiger partial charge < -0.3 is 29.8 Å². The van der Waals surface area contributed by atoms with Crippen LogP contribution < -0.4 is 20.7 Å². The SMILES string of the molecule is CN=C(NCCCOCc1ccco1)NCCNC(=O)c1cccc(OC)c1. The number of guanidine groups is 1. The molecule has 152 valence electrons. The first-order valence-electron chi connectivity index (χ1n) is 9.20. The smallest absolute Gasteiger partial charge is 0.251 e. The summed E-state index contributed by atoms with van der Waals surface area (Å²) < 4.78 is 15.9. The third-order valence-corrected chi connectivity index (χ3v) is 3.84. The predicted octanol–water partition coefficient (Wildman–Crippen LogP) is 1.79. The molecule has 2 rings (SSSR count). The molecule has 8 nitrogen and oxygen atoms in total. The van der Waals surface area contributed by atoms with Gasteiger partial charge >= 0.3 is 0 Å². The van der Waals surface area contributed by atoms with Crippen LogP contribution in [0.3, 0.4) is 0 Å². The van der Waals surface area contributed by atoms with Gasteiger partial charge in [-0.3, -0.25) is 9.79 Å². The molecule has 1 aromatic carbocycles. The summed E-state index contributed by atoms with van der Waals surface area (Å²) in [5.41, 5.74) is 0.566. The van der Waals surface area contributed by atoms with Crippen LogP contribution in [-0.2, 0) is 11.3 Å². The second kappa shape index (κ2) is 12.4. The van der Waals surface area contributed by atoms with E-state index in [1.54, 1.807) is 44.7 Å². The van der Waals surface area contributed by atoms with Gasteiger partial charge in [0.25, 0.3) is 5.91 Å². The second-order valence-corrected chi connectivity index (χ2v) is 5.90. The van der Waals surface area contributed by atoms with Crippen LogP contribution in [0.15, 0.2) is 52.1 Å². The van der Waals surface area contributed by atoms with Crippen molar-refractivity contribution in [2.75, 3.05) is 40.4 Å². The number of carbonyl (C=O) groups is 1. The highest BCUT2D eigenvalue weighted by Gasteiger charge is 2.06. The molecule has 0 spiro atoms. The molecule has 0 aliphatic carbocycles. The Morgan fingerprint density at radius 1 is 1.11 bits per heavy atom. The maximum atomic E-state index is 12.1. The number of benzene rings is 1. The highest BCUT2D eigenvalue weighted by molar-refractivity contribution is 5.94. The van der Waals surface area contributed by atoms with Crippen LogP contribution in [0.1, 0.15) is 22.5 Å². The van der Waals surface area contributed by atoms with E-state index in [2.05, 4.69) is 20.9 Å². The van der Waals surface area contributed by atoms with Gasteiger partial charge in [0.2, 0.25) is 0 Å². The number of furan rings is 1. The lowest BCUT2D eigenvalue weighted by atomic mass is 10.2. The molecule has 0 saturated carbocycles. The largest absolute Gasteiger partial charge is 0.497 e. The van der Waals surface area contributed by atoms with E-state index < -0.39 is 0 Å². The Bertz CT molecular complexity index is 732. The van der Waals surface area contributed by atoms with Crippen molar-refractivity contribution in [3.8, 4) is 5.75 Å². The quantitative estimate of drug-likeness (QED) is 0.309. The lowest BCUT2D eigenvalue weighted by molar-refractivity contribution is 0.0954. The van der Waals surface area contributed by atoms with Crippen molar-refractivity contribution in [2.24, 2.45) is 4.99 Å². The molecular formula is C20H28N4O4. The standard InChI is InChI=1S/C20H28N4O4/c1-21-20(23-9-5-12-27-15-18-8-4-13-28-18)24-11-10-22-19(25)16-6-3-7-17(14-16)26-2/h3-4,6-8,13-14H,5,9-12,15H2,1-2H3,(H,22,25)(H2,21,23,24). The molecular weight excluding hydrogens is 360 g/mol. The van der Waals surface area contributed by atoms with Crippen LogP contribution >= 0.6 is 0 Å². The summed E-state index contributed by atoms with van der Waals surface area (Å²) in [5.74, 6) is 2.02. The number of aliphatic imine (C=N–C) groups is 1. The molecule has 0 unspecified atom stereocenters. The van der Waals surface area contributed by atoms with Crippen molar-refractivity contribution < 1.29 is 18.7 Å². The second-order valence-electron chi connectivity index (χ2n) is 5.90. The first-order chi connectivity index (χ1) is 13.7. The summed E-state index contributed by atoms with van der Waals surface area (Å²) in [6.45, 7) is 2.87. The number of ether oxygens (including phenoxy) is 2. The van der Waals surface area contributed by atoms with E-state index in [9.17, 15) is 4.79 Å². The van der Waals surface area contributed by atoms with Gasteiger partial charge in [0, 0.05) is 38.9 Å². The first kappa shape index (κ1) is 21.3. The van der Waals surface area contributed by atoms with Crippen LogP contribution in [0.5, 0.6) is 5.75 Å². The molecule has 0 aliphatic rings. The van der Waals surface area contributed by atoms with E-state index in [-0.39, 0.29) is 5.91 Å². The zero-order chi connectivity index (χ0) is 20.0. The Kier molecular flexibility index (Phi) is 9.43. The average Bonchev–Trinajstić information content (AvgIpc) is 3.25. The topological polar surface area (TPSA) is 97.1 Å². The number of amides is 1. The zero-order valence-corrected chi connectivity index (χ0v) is 16.4. The van der Waals surface area contributed by atoms with Gasteiger partial charge in [-0.15, -0.1) is 0 Å². The summed E-state index contributed by atoms with van der Waals surface area (Å²) >= 11 is 0. The molecule has 2 aromatic rings. The van der Waals surface area contributed by atoms with E-state index in [4.69, 9.17) is 13.9 Å². The normalized spacial score (nSPS) is 11.1. The van der Waals surface area contributed by atoms with Gasteiger partial charge in [-0.1, -0.05) is 6.07 Å². The molecule has 0 saturated heterocycles. The fraction of sp³-hybridized carbons (Fsp3) is 0.400. The third-order valence-electron chi connectivity index (χ3n) is 3.84. The summed E-state index contributed by atoms with van der Waals surface area (Å²) in [4.78, 5) is 16.3. The van der Waals surface area contributed by atoms with Crippen LogP contribution in [0.25, 0.3) is 0 Å². The van der Waals surface area contributed by atoms with Crippen molar-refractivity contribution in [1.82, 2.24) is 16.0 Å². The maximum absolute atomic E-state index is 12.1.